The van der Waals surface area contributed by atoms with Gasteiger partial charge in [-0.1, -0.05) is 22.6 Å². The zero-order valence-electron chi connectivity index (χ0n) is 7.77. The molecule has 0 aliphatic carbocycles. The molecule has 2 amide bonds. The standard InChI is InChI=1S/C10H9NO3S/c12-8-3-1-2-7(4-8)5-15-6-9(13)11-10(15)14/h1-5,12H,6H2,(H,11,13,14). The molecule has 0 radical (unpaired) electrons. The summed E-state index contributed by atoms with van der Waals surface area (Å²) in [5.41, 5.74) is 0.753. The van der Waals surface area contributed by atoms with E-state index in [1.165, 1.54) is 0 Å². The lowest BCUT2D eigenvalue weighted by atomic mass is 10.2. The summed E-state index contributed by atoms with van der Waals surface area (Å²) in [5, 5.41) is 12.9. The highest BCUT2D eigenvalue weighted by molar-refractivity contribution is 8.28. The van der Waals surface area contributed by atoms with E-state index in [0.29, 0.717) is 0 Å². The van der Waals surface area contributed by atoms with E-state index in [2.05, 4.69) is 5.32 Å². The molecule has 0 bridgehead atoms. The Morgan fingerprint density at radius 2 is 2.20 bits per heavy atom. The van der Waals surface area contributed by atoms with E-state index in [4.69, 9.17) is 0 Å². The van der Waals surface area contributed by atoms with Gasteiger partial charge in [-0.2, -0.15) is 0 Å². The third kappa shape index (κ3) is 2.24. The van der Waals surface area contributed by atoms with Gasteiger partial charge in [0.15, 0.2) is 0 Å². The predicted octanol–water partition coefficient (Wildman–Crippen LogP) is 1.06. The van der Waals surface area contributed by atoms with Crippen LogP contribution >= 0.6 is 10.5 Å². The normalized spacial score (nSPS) is 20.7. The number of phenolic OH excluding ortho intramolecular Hbond substituents is 1. The second-order valence-electron chi connectivity index (χ2n) is 3.12. The SMILES string of the molecule is O=C1C/S(=C\c2cccc(O)c2)C(=O)N1. The predicted molar refractivity (Wildman–Crippen MR) is 59.3 cm³/mol. The lowest BCUT2D eigenvalue weighted by Gasteiger charge is -1.97. The van der Waals surface area contributed by atoms with Gasteiger partial charge in [0, 0.05) is 0 Å². The summed E-state index contributed by atoms with van der Waals surface area (Å²) in [7, 11) is -0.697. The van der Waals surface area contributed by atoms with Gasteiger partial charge in [-0.05, 0) is 23.1 Å². The average molecular weight is 223 g/mol. The van der Waals surface area contributed by atoms with Crippen LogP contribution in [0.1, 0.15) is 5.56 Å². The molecule has 0 aromatic heterocycles. The molecular formula is C10H9NO3S. The minimum atomic E-state index is -0.697. The van der Waals surface area contributed by atoms with Crippen molar-refractivity contribution in [3.8, 4) is 5.75 Å². The summed E-state index contributed by atoms with van der Waals surface area (Å²) in [6.45, 7) is 0. The van der Waals surface area contributed by atoms with Crippen molar-refractivity contribution < 1.29 is 14.7 Å². The molecule has 1 atom stereocenters. The van der Waals surface area contributed by atoms with Crippen molar-refractivity contribution in [3.63, 3.8) is 0 Å². The number of hydrogen-bond acceptors (Lipinski definition) is 3. The molecule has 1 aromatic rings. The molecule has 2 N–H and O–H groups in total. The number of benzene rings is 1. The highest BCUT2D eigenvalue weighted by Gasteiger charge is 2.22. The van der Waals surface area contributed by atoms with Crippen molar-refractivity contribution >= 4 is 27.0 Å². The van der Waals surface area contributed by atoms with E-state index < -0.39 is 10.5 Å². The van der Waals surface area contributed by atoms with Crippen LogP contribution in [0.5, 0.6) is 5.75 Å². The van der Waals surface area contributed by atoms with Gasteiger partial charge < -0.3 is 5.11 Å². The van der Waals surface area contributed by atoms with Crippen LogP contribution in [-0.4, -0.2) is 27.4 Å². The molecule has 1 aliphatic heterocycles. The summed E-state index contributed by atoms with van der Waals surface area (Å²) in [6, 6.07) is 6.59. The van der Waals surface area contributed by atoms with Gasteiger partial charge in [-0.25, -0.2) is 0 Å². The summed E-state index contributed by atoms with van der Waals surface area (Å²) in [5.74, 6) is 0.132. The number of imide groups is 1. The van der Waals surface area contributed by atoms with Gasteiger partial charge in [-0.3, -0.25) is 14.9 Å². The Bertz CT molecular complexity index is 467. The number of aromatic hydroxyl groups is 1. The van der Waals surface area contributed by atoms with Crippen LogP contribution < -0.4 is 5.32 Å². The topological polar surface area (TPSA) is 66.4 Å². The van der Waals surface area contributed by atoms with Crippen LogP contribution in [0.3, 0.4) is 0 Å². The zero-order valence-corrected chi connectivity index (χ0v) is 8.58. The number of carbonyl (C=O) groups excluding carboxylic acids is 2. The second kappa shape index (κ2) is 3.86. The first-order valence-electron chi connectivity index (χ1n) is 4.32. The maximum absolute atomic E-state index is 11.3. The van der Waals surface area contributed by atoms with Crippen LogP contribution in [0.15, 0.2) is 24.3 Å². The Morgan fingerprint density at radius 1 is 1.40 bits per heavy atom. The fourth-order valence-electron chi connectivity index (χ4n) is 1.28. The summed E-state index contributed by atoms with van der Waals surface area (Å²) in [6.07, 6.45) is 0. The highest BCUT2D eigenvalue weighted by atomic mass is 32.2. The maximum atomic E-state index is 11.3. The summed E-state index contributed by atoms with van der Waals surface area (Å²) < 4.78 is 0. The first-order valence-corrected chi connectivity index (χ1v) is 5.78. The molecule has 5 heteroatoms. The molecule has 0 saturated carbocycles. The zero-order chi connectivity index (χ0) is 10.8. The third-order valence-electron chi connectivity index (χ3n) is 1.91. The van der Waals surface area contributed by atoms with Crippen molar-refractivity contribution in [1.29, 1.82) is 0 Å². The van der Waals surface area contributed by atoms with Crippen LogP contribution in [0.2, 0.25) is 0 Å². The Labute approximate surface area is 88.8 Å². The van der Waals surface area contributed by atoms with Crippen molar-refractivity contribution in [1.82, 2.24) is 5.32 Å². The molecule has 1 unspecified atom stereocenters. The van der Waals surface area contributed by atoms with E-state index in [-0.39, 0.29) is 22.6 Å². The van der Waals surface area contributed by atoms with Crippen LogP contribution in [-0.2, 0) is 4.79 Å². The fraction of sp³-hybridized carbons (Fsp3) is 0.100. The molecule has 4 nitrogen and oxygen atoms in total. The highest BCUT2D eigenvalue weighted by Crippen LogP contribution is 2.21. The maximum Gasteiger partial charge on any atom is 0.280 e. The van der Waals surface area contributed by atoms with Gasteiger partial charge in [0.2, 0.25) is 5.91 Å². The average Bonchev–Trinajstić information content (AvgIpc) is 2.45. The third-order valence-corrected chi connectivity index (χ3v) is 3.62. The van der Waals surface area contributed by atoms with Crippen LogP contribution in [0, 0.1) is 0 Å². The molecule has 15 heavy (non-hydrogen) atoms. The van der Waals surface area contributed by atoms with Gasteiger partial charge in [0.25, 0.3) is 5.24 Å². The molecular weight excluding hydrogens is 214 g/mol. The van der Waals surface area contributed by atoms with Gasteiger partial charge in [0.1, 0.15) is 5.75 Å². The Balaban J connectivity index is 2.31. The van der Waals surface area contributed by atoms with Crippen molar-refractivity contribution in [2.45, 2.75) is 0 Å². The number of rotatable bonds is 1. The van der Waals surface area contributed by atoms with E-state index in [1.807, 2.05) is 0 Å². The van der Waals surface area contributed by atoms with Gasteiger partial charge in [0.05, 0.1) is 5.75 Å². The smallest absolute Gasteiger partial charge is 0.280 e. The van der Waals surface area contributed by atoms with Gasteiger partial charge >= 0.3 is 0 Å². The molecule has 2 rings (SSSR count). The number of carbonyl (C=O) groups is 2. The molecule has 1 aromatic carbocycles. The van der Waals surface area contributed by atoms with E-state index >= 15 is 0 Å². The number of nitrogens with one attached hydrogen (secondary N) is 1. The van der Waals surface area contributed by atoms with Crippen molar-refractivity contribution in [3.05, 3.63) is 29.8 Å². The first kappa shape index (κ1) is 9.92. The van der Waals surface area contributed by atoms with Crippen molar-refractivity contribution in [2.24, 2.45) is 0 Å². The largest absolute Gasteiger partial charge is 0.508 e. The van der Waals surface area contributed by atoms with Crippen LogP contribution in [0.25, 0.3) is 0 Å². The molecule has 0 spiro atoms. The number of hydrogen-bond donors (Lipinski definition) is 2. The van der Waals surface area contributed by atoms with E-state index in [1.54, 1.807) is 29.6 Å². The first-order chi connectivity index (χ1) is 7.15. The Hall–Kier alpha value is -1.62. The summed E-state index contributed by atoms with van der Waals surface area (Å²) >= 11 is 0. The molecule has 1 heterocycles. The molecule has 78 valence electrons. The minimum absolute atomic E-state index is 0.151. The Kier molecular flexibility index (Phi) is 2.55. The molecule has 1 saturated heterocycles. The van der Waals surface area contributed by atoms with Crippen LogP contribution in [0.4, 0.5) is 4.79 Å². The summed E-state index contributed by atoms with van der Waals surface area (Å²) in [4.78, 5) is 22.2. The fourth-order valence-corrected chi connectivity index (χ4v) is 2.68. The number of phenols is 1. The second-order valence-corrected chi connectivity index (χ2v) is 4.87. The molecule has 1 aliphatic rings. The van der Waals surface area contributed by atoms with E-state index in [0.717, 1.165) is 5.56 Å². The number of amides is 2. The van der Waals surface area contributed by atoms with E-state index in [9.17, 15) is 14.7 Å². The minimum Gasteiger partial charge on any atom is -0.508 e. The van der Waals surface area contributed by atoms with Crippen molar-refractivity contribution in [2.75, 3.05) is 5.75 Å². The lowest BCUT2D eigenvalue weighted by molar-refractivity contribution is -0.117. The monoisotopic (exact) mass is 223 g/mol. The molecule has 1 fully saturated rings. The quantitative estimate of drug-likeness (QED) is 0.700. The van der Waals surface area contributed by atoms with Gasteiger partial charge in [-0.15, -0.1) is 0 Å². The lowest BCUT2D eigenvalue weighted by Crippen LogP contribution is -2.18. The Morgan fingerprint density at radius 3 is 2.80 bits per heavy atom.